The average molecular weight is 433 g/mol. The van der Waals surface area contributed by atoms with Crippen molar-refractivity contribution in [1.82, 2.24) is 0 Å². The fourth-order valence-electron chi connectivity index (χ4n) is 2.82. The van der Waals surface area contributed by atoms with Crippen molar-refractivity contribution < 1.29 is 18.3 Å². The first-order valence-corrected chi connectivity index (χ1v) is 10.4. The van der Waals surface area contributed by atoms with E-state index in [0.29, 0.717) is 11.1 Å². The van der Waals surface area contributed by atoms with Crippen LogP contribution in [0, 0.1) is 25.5 Å². The minimum atomic E-state index is -0.227. The number of hydrogen-bond acceptors (Lipinski definition) is 2. The average Bonchev–Trinajstić information content (AvgIpc) is 2.81. The number of rotatable bonds is 6. The van der Waals surface area contributed by atoms with Gasteiger partial charge in [0.15, 0.2) is 0 Å². The van der Waals surface area contributed by atoms with Crippen molar-refractivity contribution in [3.8, 4) is 11.5 Å². The van der Waals surface area contributed by atoms with E-state index in [4.69, 9.17) is 9.47 Å². The van der Waals surface area contributed by atoms with Crippen molar-refractivity contribution in [3.05, 3.63) is 131 Å². The topological polar surface area (TPSA) is 18.5 Å². The second kappa shape index (κ2) is 11.7. The molecule has 0 saturated heterocycles. The van der Waals surface area contributed by atoms with Crippen molar-refractivity contribution in [2.45, 2.75) is 27.1 Å². The summed E-state index contributed by atoms with van der Waals surface area (Å²) in [5, 5.41) is 0. The van der Waals surface area contributed by atoms with Crippen LogP contribution in [-0.4, -0.2) is 0 Å². The Morgan fingerprint density at radius 2 is 0.844 bits per heavy atom. The lowest BCUT2D eigenvalue weighted by Crippen LogP contribution is -1.97. The summed E-state index contributed by atoms with van der Waals surface area (Å²) in [6.45, 7) is 4.55. The molecule has 0 fully saturated rings. The Labute approximate surface area is 188 Å². The summed E-state index contributed by atoms with van der Waals surface area (Å²) in [6.07, 6.45) is 0. The van der Waals surface area contributed by atoms with Crippen LogP contribution in [0.5, 0.6) is 11.5 Å². The second-order valence-corrected chi connectivity index (χ2v) is 7.39. The molecule has 0 heterocycles. The van der Waals surface area contributed by atoms with Gasteiger partial charge in [0, 0.05) is 11.1 Å². The van der Waals surface area contributed by atoms with Gasteiger partial charge in [0.25, 0.3) is 0 Å². The highest BCUT2D eigenvalue weighted by atomic mass is 19.1. The van der Waals surface area contributed by atoms with Crippen molar-refractivity contribution in [3.63, 3.8) is 0 Å². The lowest BCUT2D eigenvalue weighted by atomic mass is 10.2. The molecule has 164 valence electrons. The summed E-state index contributed by atoms with van der Waals surface area (Å²) in [7, 11) is 0. The van der Waals surface area contributed by atoms with Crippen molar-refractivity contribution in [1.29, 1.82) is 0 Å². The highest BCUT2D eigenvalue weighted by Crippen LogP contribution is 2.16. The van der Waals surface area contributed by atoms with Gasteiger partial charge < -0.3 is 9.47 Å². The van der Waals surface area contributed by atoms with Gasteiger partial charge in [0.2, 0.25) is 0 Å². The van der Waals surface area contributed by atoms with Gasteiger partial charge in [-0.1, -0.05) is 71.8 Å². The van der Waals surface area contributed by atoms with E-state index in [2.05, 4.69) is 0 Å². The van der Waals surface area contributed by atoms with Gasteiger partial charge in [-0.2, -0.15) is 0 Å². The number of ether oxygens (including phenoxy) is 2. The van der Waals surface area contributed by atoms with E-state index in [1.807, 2.05) is 62.4 Å². The Bertz CT molecular complexity index is 1020. The molecule has 0 bridgehead atoms. The van der Waals surface area contributed by atoms with E-state index in [1.165, 1.54) is 23.3 Å². The monoisotopic (exact) mass is 432 g/mol. The van der Waals surface area contributed by atoms with Crippen LogP contribution in [0.1, 0.15) is 22.3 Å². The van der Waals surface area contributed by atoms with E-state index in [-0.39, 0.29) is 24.8 Å². The molecule has 0 atom stereocenters. The molecule has 0 spiro atoms. The summed E-state index contributed by atoms with van der Waals surface area (Å²) < 4.78 is 37.5. The maximum absolute atomic E-state index is 13.3. The minimum absolute atomic E-state index is 0.227. The lowest BCUT2D eigenvalue weighted by Gasteiger charge is -2.07. The molecule has 2 nitrogen and oxygen atoms in total. The van der Waals surface area contributed by atoms with Gasteiger partial charge >= 0.3 is 0 Å². The van der Waals surface area contributed by atoms with E-state index >= 15 is 0 Å². The molecule has 0 aromatic heterocycles. The molecule has 4 aromatic rings. The molecule has 0 aliphatic heterocycles. The summed E-state index contributed by atoms with van der Waals surface area (Å²) in [4.78, 5) is 0. The lowest BCUT2D eigenvalue weighted by molar-refractivity contribution is 0.299. The van der Waals surface area contributed by atoms with Gasteiger partial charge in [0.1, 0.15) is 36.3 Å². The number of halogens is 2. The smallest absolute Gasteiger partial charge is 0.129 e. The van der Waals surface area contributed by atoms with Crippen LogP contribution >= 0.6 is 0 Å². The summed E-state index contributed by atoms with van der Waals surface area (Å²) >= 11 is 0. The van der Waals surface area contributed by atoms with Gasteiger partial charge in [-0.15, -0.1) is 0 Å². The molecule has 0 aliphatic carbocycles. The van der Waals surface area contributed by atoms with Crippen molar-refractivity contribution in [2.75, 3.05) is 0 Å². The van der Waals surface area contributed by atoms with Gasteiger partial charge in [-0.25, -0.2) is 8.78 Å². The molecule has 32 heavy (non-hydrogen) atoms. The number of benzene rings is 4. The fourth-order valence-corrected chi connectivity index (χ4v) is 2.82. The van der Waals surface area contributed by atoms with E-state index in [9.17, 15) is 8.78 Å². The first-order valence-electron chi connectivity index (χ1n) is 10.4. The molecular formula is C28H26F2O2. The highest BCUT2D eigenvalue weighted by Gasteiger charge is 2.02. The molecule has 0 saturated carbocycles. The van der Waals surface area contributed by atoms with Crippen molar-refractivity contribution in [2.24, 2.45) is 0 Å². The molecule has 0 unspecified atom stereocenters. The zero-order chi connectivity index (χ0) is 22.8. The van der Waals surface area contributed by atoms with Crippen LogP contribution in [0.3, 0.4) is 0 Å². The van der Waals surface area contributed by atoms with Crippen molar-refractivity contribution >= 4 is 0 Å². The number of aryl methyl sites for hydroxylation is 2. The largest absolute Gasteiger partial charge is 0.489 e. The summed E-state index contributed by atoms with van der Waals surface area (Å²) in [5.74, 6) is 1.06. The Kier molecular flexibility index (Phi) is 8.38. The van der Waals surface area contributed by atoms with Crippen LogP contribution in [0.2, 0.25) is 0 Å². The third-order valence-corrected chi connectivity index (χ3v) is 4.75. The zero-order valence-corrected chi connectivity index (χ0v) is 18.2. The van der Waals surface area contributed by atoms with Crippen LogP contribution in [0.4, 0.5) is 8.78 Å². The van der Waals surface area contributed by atoms with E-state index < -0.39 is 0 Å². The number of hydrogen-bond donors (Lipinski definition) is 0. The predicted octanol–water partition coefficient (Wildman–Crippen LogP) is 7.43. The quantitative estimate of drug-likeness (QED) is 0.315. The fraction of sp³-hybridized carbons (Fsp3) is 0.143. The Morgan fingerprint density at radius 1 is 0.500 bits per heavy atom. The first-order chi connectivity index (χ1) is 15.5. The molecule has 0 radical (unpaired) electrons. The Balaban J connectivity index is 0.000000181. The summed E-state index contributed by atoms with van der Waals surface area (Å²) in [6, 6.07) is 28.7. The van der Waals surface area contributed by atoms with Gasteiger partial charge in [-0.3, -0.25) is 0 Å². The second-order valence-electron chi connectivity index (χ2n) is 7.39. The van der Waals surface area contributed by atoms with Crippen LogP contribution in [0.25, 0.3) is 0 Å². The Morgan fingerprint density at radius 3 is 1.19 bits per heavy atom. The molecule has 0 amide bonds. The molecule has 4 heteroatoms. The molecule has 4 aromatic carbocycles. The highest BCUT2D eigenvalue weighted by molar-refractivity contribution is 5.28. The standard InChI is InChI=1S/2C14H13FO/c2*1-11-6-8-13(9-7-11)16-10-12-4-2-3-5-14(12)15/h2*2-9H,10H2,1H3. The van der Waals surface area contributed by atoms with Gasteiger partial charge in [-0.05, 0) is 50.2 Å². The SMILES string of the molecule is Cc1ccc(OCc2ccccc2F)cc1.Cc1ccc(OCc2ccccc2F)cc1. The summed E-state index contributed by atoms with van der Waals surface area (Å²) in [5.41, 5.74) is 3.50. The van der Waals surface area contributed by atoms with E-state index in [0.717, 1.165) is 11.5 Å². The third kappa shape index (κ3) is 7.24. The molecular weight excluding hydrogens is 406 g/mol. The molecule has 4 rings (SSSR count). The normalized spacial score (nSPS) is 10.1. The van der Waals surface area contributed by atoms with Crippen LogP contribution < -0.4 is 9.47 Å². The van der Waals surface area contributed by atoms with Crippen LogP contribution in [-0.2, 0) is 13.2 Å². The van der Waals surface area contributed by atoms with Gasteiger partial charge in [0.05, 0.1) is 0 Å². The molecule has 0 aliphatic rings. The third-order valence-electron chi connectivity index (χ3n) is 4.75. The minimum Gasteiger partial charge on any atom is -0.489 e. The van der Waals surface area contributed by atoms with Crippen LogP contribution in [0.15, 0.2) is 97.1 Å². The zero-order valence-electron chi connectivity index (χ0n) is 18.2. The molecule has 0 N–H and O–H groups in total. The Hall–Kier alpha value is -3.66. The predicted molar refractivity (Wildman–Crippen MR) is 124 cm³/mol. The van der Waals surface area contributed by atoms with E-state index in [1.54, 1.807) is 36.4 Å². The maximum atomic E-state index is 13.3. The first kappa shape index (κ1) is 23.0. The maximum Gasteiger partial charge on any atom is 0.129 e.